The second-order valence-electron chi connectivity index (χ2n) is 4.96. The smallest absolute Gasteiger partial charge is 0.115 e. The molecule has 2 nitrogen and oxygen atoms in total. The topological polar surface area (TPSA) is 23.5 Å². The van der Waals surface area contributed by atoms with Crippen LogP contribution in [-0.2, 0) is 12.8 Å². The molecule has 1 N–H and O–H groups in total. The summed E-state index contributed by atoms with van der Waals surface area (Å²) in [6, 6.07) is 18.1. The Labute approximate surface area is 115 Å². The lowest BCUT2D eigenvalue weighted by Gasteiger charge is -2.16. The number of phenols is 1. The zero-order valence-corrected chi connectivity index (χ0v) is 11.4. The molecule has 19 heavy (non-hydrogen) atoms. The highest BCUT2D eigenvalue weighted by molar-refractivity contribution is 5.26. The maximum atomic E-state index is 9.23. The Morgan fingerprint density at radius 1 is 0.789 bits per heavy atom. The molecule has 0 saturated carbocycles. The molecule has 0 aliphatic carbocycles. The number of aromatic hydroxyl groups is 1. The maximum Gasteiger partial charge on any atom is 0.115 e. The lowest BCUT2D eigenvalue weighted by molar-refractivity contribution is 0.343. The van der Waals surface area contributed by atoms with Crippen molar-refractivity contribution in [2.24, 2.45) is 0 Å². The van der Waals surface area contributed by atoms with E-state index in [0.717, 1.165) is 25.9 Å². The van der Waals surface area contributed by atoms with E-state index in [4.69, 9.17) is 0 Å². The van der Waals surface area contributed by atoms with Gasteiger partial charge in [0.25, 0.3) is 0 Å². The van der Waals surface area contributed by atoms with Crippen molar-refractivity contribution in [3.05, 3.63) is 65.7 Å². The number of likely N-dealkylation sites (N-methyl/N-ethyl adjacent to an activating group) is 1. The summed E-state index contributed by atoms with van der Waals surface area (Å²) in [6.45, 7) is 2.11. The molecule has 0 aliphatic rings. The Kier molecular flexibility index (Phi) is 4.99. The first kappa shape index (κ1) is 13.6. The summed E-state index contributed by atoms with van der Waals surface area (Å²) in [5, 5.41) is 9.23. The van der Waals surface area contributed by atoms with E-state index in [9.17, 15) is 5.11 Å². The zero-order chi connectivity index (χ0) is 13.5. The number of hydrogen-bond donors (Lipinski definition) is 1. The van der Waals surface area contributed by atoms with Gasteiger partial charge < -0.3 is 10.0 Å². The molecule has 0 heterocycles. The SMILES string of the molecule is CN(CCc1ccccc1)CCc1ccc(O)cc1. The molecule has 0 amide bonds. The van der Waals surface area contributed by atoms with Crippen LogP contribution >= 0.6 is 0 Å². The van der Waals surface area contributed by atoms with Crippen molar-refractivity contribution in [1.82, 2.24) is 4.90 Å². The van der Waals surface area contributed by atoms with E-state index >= 15 is 0 Å². The first-order valence-corrected chi connectivity index (χ1v) is 6.74. The number of phenolic OH excluding ortho intramolecular Hbond substituents is 1. The minimum absolute atomic E-state index is 0.334. The van der Waals surface area contributed by atoms with Gasteiger partial charge in [0.05, 0.1) is 0 Å². The van der Waals surface area contributed by atoms with Crippen molar-refractivity contribution in [2.75, 3.05) is 20.1 Å². The first-order valence-electron chi connectivity index (χ1n) is 6.74. The number of nitrogens with zero attached hydrogens (tertiary/aromatic N) is 1. The van der Waals surface area contributed by atoms with Crippen LogP contribution in [0.1, 0.15) is 11.1 Å². The van der Waals surface area contributed by atoms with Crippen LogP contribution < -0.4 is 0 Å². The monoisotopic (exact) mass is 255 g/mol. The van der Waals surface area contributed by atoms with Crippen molar-refractivity contribution in [2.45, 2.75) is 12.8 Å². The fourth-order valence-electron chi connectivity index (χ4n) is 2.06. The Morgan fingerprint density at radius 2 is 1.32 bits per heavy atom. The van der Waals surface area contributed by atoms with E-state index in [0.29, 0.717) is 5.75 Å². The van der Waals surface area contributed by atoms with Gasteiger partial charge in [-0.05, 0) is 43.1 Å². The Bertz CT molecular complexity index is 478. The van der Waals surface area contributed by atoms with Gasteiger partial charge in [-0.2, -0.15) is 0 Å². The summed E-state index contributed by atoms with van der Waals surface area (Å²) < 4.78 is 0. The van der Waals surface area contributed by atoms with E-state index in [1.54, 1.807) is 12.1 Å². The minimum atomic E-state index is 0.334. The first-order chi connectivity index (χ1) is 9.24. The van der Waals surface area contributed by atoms with E-state index in [1.165, 1.54) is 11.1 Å². The zero-order valence-electron chi connectivity index (χ0n) is 11.4. The number of hydrogen-bond acceptors (Lipinski definition) is 2. The molecular weight excluding hydrogens is 234 g/mol. The third-order valence-corrected chi connectivity index (χ3v) is 3.34. The van der Waals surface area contributed by atoms with Gasteiger partial charge in [0.2, 0.25) is 0 Å². The minimum Gasteiger partial charge on any atom is -0.508 e. The Balaban J connectivity index is 1.72. The van der Waals surface area contributed by atoms with Crippen LogP contribution in [0.4, 0.5) is 0 Å². The average Bonchev–Trinajstić information content (AvgIpc) is 2.45. The van der Waals surface area contributed by atoms with Crippen molar-refractivity contribution in [3.8, 4) is 5.75 Å². The Morgan fingerprint density at radius 3 is 1.89 bits per heavy atom. The molecule has 0 fully saturated rings. The predicted octanol–water partition coefficient (Wildman–Crippen LogP) is 3.11. The lowest BCUT2D eigenvalue weighted by Crippen LogP contribution is -2.23. The van der Waals surface area contributed by atoms with Crippen LogP contribution in [0.2, 0.25) is 0 Å². The van der Waals surface area contributed by atoms with Crippen LogP contribution in [0.25, 0.3) is 0 Å². The van der Waals surface area contributed by atoms with Gasteiger partial charge in [0.15, 0.2) is 0 Å². The molecule has 0 saturated heterocycles. The molecule has 2 aromatic carbocycles. The summed E-state index contributed by atoms with van der Waals surface area (Å²) in [5.74, 6) is 0.334. The van der Waals surface area contributed by atoms with Crippen molar-refractivity contribution in [1.29, 1.82) is 0 Å². The average molecular weight is 255 g/mol. The van der Waals surface area contributed by atoms with Crippen molar-refractivity contribution in [3.63, 3.8) is 0 Å². The van der Waals surface area contributed by atoms with Gasteiger partial charge in [-0.25, -0.2) is 0 Å². The molecule has 100 valence electrons. The highest BCUT2D eigenvalue weighted by atomic mass is 16.3. The van der Waals surface area contributed by atoms with Gasteiger partial charge in [-0.15, -0.1) is 0 Å². The van der Waals surface area contributed by atoms with E-state index in [2.05, 4.69) is 42.3 Å². The van der Waals surface area contributed by atoms with E-state index in [1.807, 2.05) is 12.1 Å². The molecule has 0 atom stereocenters. The number of benzene rings is 2. The van der Waals surface area contributed by atoms with Gasteiger partial charge in [0, 0.05) is 13.1 Å². The molecule has 0 aromatic heterocycles. The number of rotatable bonds is 6. The third-order valence-electron chi connectivity index (χ3n) is 3.34. The van der Waals surface area contributed by atoms with Gasteiger partial charge in [-0.3, -0.25) is 0 Å². The van der Waals surface area contributed by atoms with Crippen LogP contribution in [0.5, 0.6) is 5.75 Å². The van der Waals surface area contributed by atoms with Crippen molar-refractivity contribution >= 4 is 0 Å². The summed E-state index contributed by atoms with van der Waals surface area (Å²) in [5.41, 5.74) is 2.66. The molecular formula is C17H21NO. The predicted molar refractivity (Wildman–Crippen MR) is 79.5 cm³/mol. The summed E-state index contributed by atoms with van der Waals surface area (Å²) in [4.78, 5) is 2.35. The molecule has 0 radical (unpaired) electrons. The molecule has 2 rings (SSSR count). The van der Waals surface area contributed by atoms with Crippen LogP contribution in [0, 0.1) is 0 Å². The van der Waals surface area contributed by atoms with Gasteiger partial charge in [0.1, 0.15) is 5.75 Å². The van der Waals surface area contributed by atoms with Gasteiger partial charge >= 0.3 is 0 Å². The summed E-state index contributed by atoms with van der Waals surface area (Å²) in [7, 11) is 2.16. The van der Waals surface area contributed by atoms with E-state index in [-0.39, 0.29) is 0 Å². The van der Waals surface area contributed by atoms with Gasteiger partial charge in [-0.1, -0.05) is 42.5 Å². The quantitative estimate of drug-likeness (QED) is 0.857. The largest absolute Gasteiger partial charge is 0.508 e. The highest BCUT2D eigenvalue weighted by Crippen LogP contribution is 2.10. The lowest BCUT2D eigenvalue weighted by atomic mass is 10.1. The second-order valence-corrected chi connectivity index (χ2v) is 4.96. The molecule has 2 heteroatoms. The van der Waals surface area contributed by atoms with Crippen LogP contribution in [0.3, 0.4) is 0 Å². The molecule has 0 spiro atoms. The highest BCUT2D eigenvalue weighted by Gasteiger charge is 2.00. The molecule has 0 unspecified atom stereocenters. The fourth-order valence-corrected chi connectivity index (χ4v) is 2.06. The fraction of sp³-hybridized carbons (Fsp3) is 0.294. The van der Waals surface area contributed by atoms with E-state index < -0.39 is 0 Å². The maximum absolute atomic E-state index is 9.23. The van der Waals surface area contributed by atoms with Crippen LogP contribution in [0.15, 0.2) is 54.6 Å². The summed E-state index contributed by atoms with van der Waals surface area (Å²) in [6.07, 6.45) is 2.11. The standard InChI is InChI=1S/C17H21NO/c1-18(13-11-15-5-3-2-4-6-15)14-12-16-7-9-17(19)10-8-16/h2-10,19H,11-14H2,1H3. The third kappa shape index (κ3) is 4.76. The molecule has 2 aromatic rings. The molecule has 0 aliphatic heterocycles. The van der Waals surface area contributed by atoms with Crippen LogP contribution in [-0.4, -0.2) is 30.1 Å². The van der Waals surface area contributed by atoms with Crippen molar-refractivity contribution < 1.29 is 5.11 Å². The normalized spacial score (nSPS) is 10.8. The molecule has 0 bridgehead atoms. The summed E-state index contributed by atoms with van der Waals surface area (Å²) >= 11 is 0. The second kappa shape index (κ2) is 6.95. The Hall–Kier alpha value is -1.80.